The molecule has 2 aromatic rings. The van der Waals surface area contributed by atoms with E-state index in [2.05, 4.69) is 25.3 Å². The van der Waals surface area contributed by atoms with Crippen LogP contribution in [0.25, 0.3) is 0 Å². The Morgan fingerprint density at radius 2 is 2.14 bits per heavy atom. The van der Waals surface area contributed by atoms with Crippen molar-refractivity contribution in [3.8, 4) is 0 Å². The lowest BCUT2D eigenvalue weighted by Gasteiger charge is -2.20. The molecule has 0 radical (unpaired) electrons. The van der Waals surface area contributed by atoms with E-state index in [9.17, 15) is 4.79 Å². The normalized spacial score (nSPS) is 14.2. The third-order valence-corrected chi connectivity index (χ3v) is 3.48. The van der Waals surface area contributed by atoms with Gasteiger partial charge in [0.2, 0.25) is 11.7 Å². The second kappa shape index (κ2) is 6.00. The Kier molecular flexibility index (Phi) is 3.90. The molecule has 0 unspecified atom stereocenters. The average Bonchev–Trinajstić information content (AvgIpc) is 3.21. The van der Waals surface area contributed by atoms with Crippen molar-refractivity contribution in [2.45, 2.75) is 12.8 Å². The molecule has 2 aromatic heterocycles. The summed E-state index contributed by atoms with van der Waals surface area (Å²) in [6.45, 7) is 1.94. The largest absolute Gasteiger partial charge is 0.361 e. The molecule has 116 valence electrons. The van der Waals surface area contributed by atoms with Gasteiger partial charge in [-0.3, -0.25) is 4.79 Å². The number of hydrogen-bond donors (Lipinski definition) is 1. The molecule has 1 aliphatic rings. The zero-order valence-electron chi connectivity index (χ0n) is 12.6. The molecule has 1 aliphatic heterocycles. The lowest BCUT2D eigenvalue weighted by molar-refractivity contribution is 0.0988. The fourth-order valence-corrected chi connectivity index (χ4v) is 2.38. The lowest BCUT2D eigenvalue weighted by Crippen LogP contribution is -2.23. The SMILES string of the molecule is CN(C)c1nc(N2CCCC2)ncc1NC(=O)c1ccno1. The maximum absolute atomic E-state index is 12.1. The molecule has 0 spiro atoms. The average molecular weight is 302 g/mol. The number of amides is 1. The molecule has 0 aliphatic carbocycles. The highest BCUT2D eigenvalue weighted by Gasteiger charge is 2.19. The summed E-state index contributed by atoms with van der Waals surface area (Å²) in [5, 5.41) is 6.28. The minimum Gasteiger partial charge on any atom is -0.361 e. The van der Waals surface area contributed by atoms with Crippen molar-refractivity contribution in [1.29, 1.82) is 0 Å². The number of nitrogens with zero attached hydrogens (tertiary/aromatic N) is 5. The van der Waals surface area contributed by atoms with Crippen LogP contribution in [0.15, 0.2) is 23.0 Å². The first-order chi connectivity index (χ1) is 10.6. The third-order valence-electron chi connectivity index (χ3n) is 3.48. The Bertz CT molecular complexity index is 649. The van der Waals surface area contributed by atoms with Crippen LogP contribution in [-0.4, -0.2) is 48.2 Å². The zero-order valence-corrected chi connectivity index (χ0v) is 12.6. The number of carbonyl (C=O) groups is 1. The van der Waals surface area contributed by atoms with Gasteiger partial charge in [-0.2, -0.15) is 4.98 Å². The molecule has 1 N–H and O–H groups in total. The first-order valence-corrected chi connectivity index (χ1v) is 7.16. The van der Waals surface area contributed by atoms with Crippen LogP contribution in [0.2, 0.25) is 0 Å². The van der Waals surface area contributed by atoms with Crippen LogP contribution in [0.3, 0.4) is 0 Å². The molecule has 1 fully saturated rings. The van der Waals surface area contributed by atoms with E-state index in [0.717, 1.165) is 25.9 Å². The lowest BCUT2D eigenvalue weighted by atomic mass is 10.4. The first-order valence-electron chi connectivity index (χ1n) is 7.16. The van der Waals surface area contributed by atoms with Gasteiger partial charge in [-0.05, 0) is 12.8 Å². The van der Waals surface area contributed by atoms with Gasteiger partial charge in [0.05, 0.1) is 12.4 Å². The van der Waals surface area contributed by atoms with Crippen molar-refractivity contribution in [2.24, 2.45) is 0 Å². The maximum Gasteiger partial charge on any atom is 0.294 e. The summed E-state index contributed by atoms with van der Waals surface area (Å²) in [4.78, 5) is 25.0. The molecule has 8 nitrogen and oxygen atoms in total. The van der Waals surface area contributed by atoms with Crippen molar-refractivity contribution >= 4 is 23.4 Å². The summed E-state index contributed by atoms with van der Waals surface area (Å²) in [6, 6.07) is 1.50. The Morgan fingerprint density at radius 1 is 1.36 bits per heavy atom. The van der Waals surface area contributed by atoms with Gasteiger partial charge in [0.15, 0.2) is 5.82 Å². The molecule has 8 heteroatoms. The predicted molar refractivity (Wildman–Crippen MR) is 82.3 cm³/mol. The molecule has 1 saturated heterocycles. The number of rotatable bonds is 4. The molecular weight excluding hydrogens is 284 g/mol. The predicted octanol–water partition coefficient (Wildman–Crippen LogP) is 1.38. The highest BCUT2D eigenvalue weighted by molar-refractivity contribution is 6.03. The van der Waals surface area contributed by atoms with E-state index < -0.39 is 0 Å². The second-order valence-corrected chi connectivity index (χ2v) is 5.33. The second-order valence-electron chi connectivity index (χ2n) is 5.33. The van der Waals surface area contributed by atoms with Gasteiger partial charge >= 0.3 is 0 Å². The molecule has 22 heavy (non-hydrogen) atoms. The van der Waals surface area contributed by atoms with Crippen LogP contribution in [0.5, 0.6) is 0 Å². The number of aromatic nitrogens is 3. The van der Waals surface area contributed by atoms with Gasteiger partial charge in [-0.25, -0.2) is 4.98 Å². The Labute approximate surface area is 128 Å². The van der Waals surface area contributed by atoms with E-state index in [4.69, 9.17) is 4.52 Å². The molecule has 1 amide bonds. The number of hydrogen-bond acceptors (Lipinski definition) is 7. The van der Waals surface area contributed by atoms with Crippen LogP contribution in [0, 0.1) is 0 Å². The highest BCUT2D eigenvalue weighted by Crippen LogP contribution is 2.25. The molecule has 0 atom stereocenters. The van der Waals surface area contributed by atoms with Gasteiger partial charge in [0.25, 0.3) is 5.91 Å². The summed E-state index contributed by atoms with van der Waals surface area (Å²) in [7, 11) is 3.75. The van der Waals surface area contributed by atoms with Crippen molar-refractivity contribution in [3.63, 3.8) is 0 Å². The van der Waals surface area contributed by atoms with Gasteiger partial charge in [0, 0.05) is 33.3 Å². The summed E-state index contributed by atoms with van der Waals surface area (Å²) in [6.07, 6.45) is 5.37. The van der Waals surface area contributed by atoms with Crippen molar-refractivity contribution in [2.75, 3.05) is 42.3 Å². The summed E-state index contributed by atoms with van der Waals surface area (Å²) >= 11 is 0. The van der Waals surface area contributed by atoms with E-state index in [1.807, 2.05) is 19.0 Å². The van der Waals surface area contributed by atoms with Crippen molar-refractivity contribution in [3.05, 3.63) is 24.2 Å². The maximum atomic E-state index is 12.1. The molecule has 3 heterocycles. The minimum atomic E-state index is -0.377. The monoisotopic (exact) mass is 302 g/mol. The quantitative estimate of drug-likeness (QED) is 0.913. The molecule has 0 bridgehead atoms. The zero-order chi connectivity index (χ0) is 15.5. The first kappa shape index (κ1) is 14.3. The van der Waals surface area contributed by atoms with Gasteiger partial charge in [0.1, 0.15) is 5.69 Å². The fourth-order valence-electron chi connectivity index (χ4n) is 2.38. The summed E-state index contributed by atoms with van der Waals surface area (Å²) in [5.41, 5.74) is 0.536. The van der Waals surface area contributed by atoms with Crippen molar-refractivity contribution < 1.29 is 9.32 Å². The Balaban J connectivity index is 1.85. The molecule has 0 saturated carbocycles. The van der Waals surface area contributed by atoms with E-state index in [1.54, 1.807) is 6.20 Å². The number of anilines is 3. The smallest absolute Gasteiger partial charge is 0.294 e. The van der Waals surface area contributed by atoms with Gasteiger partial charge < -0.3 is 19.6 Å². The van der Waals surface area contributed by atoms with Crippen LogP contribution in [0.4, 0.5) is 17.5 Å². The fraction of sp³-hybridized carbons (Fsp3) is 0.429. The number of nitrogens with one attached hydrogen (secondary N) is 1. The minimum absolute atomic E-state index is 0.147. The highest BCUT2D eigenvalue weighted by atomic mass is 16.5. The van der Waals surface area contributed by atoms with Crippen LogP contribution >= 0.6 is 0 Å². The summed E-state index contributed by atoms with van der Waals surface area (Å²) in [5.74, 6) is 1.12. The van der Waals surface area contributed by atoms with Crippen molar-refractivity contribution in [1.82, 2.24) is 15.1 Å². The van der Waals surface area contributed by atoms with Crippen LogP contribution in [0.1, 0.15) is 23.4 Å². The van der Waals surface area contributed by atoms with E-state index in [-0.39, 0.29) is 11.7 Å². The van der Waals surface area contributed by atoms with Crippen LogP contribution in [-0.2, 0) is 0 Å². The van der Waals surface area contributed by atoms with E-state index >= 15 is 0 Å². The molecular formula is C14H18N6O2. The Hall–Kier alpha value is -2.64. The molecule has 3 rings (SSSR count). The standard InChI is InChI=1S/C14H18N6O2/c1-19(2)12-10(17-13(21)11-5-6-16-22-11)9-15-14(18-12)20-7-3-4-8-20/h5-6,9H,3-4,7-8H2,1-2H3,(H,17,21). The van der Waals surface area contributed by atoms with Gasteiger partial charge in [-0.1, -0.05) is 5.16 Å². The summed E-state index contributed by atoms with van der Waals surface area (Å²) < 4.78 is 4.85. The topological polar surface area (TPSA) is 87.4 Å². The van der Waals surface area contributed by atoms with Crippen LogP contribution < -0.4 is 15.1 Å². The Morgan fingerprint density at radius 3 is 2.77 bits per heavy atom. The third kappa shape index (κ3) is 2.85. The number of carbonyl (C=O) groups excluding carboxylic acids is 1. The van der Waals surface area contributed by atoms with E-state index in [0.29, 0.717) is 17.5 Å². The van der Waals surface area contributed by atoms with E-state index in [1.165, 1.54) is 12.3 Å². The molecule has 0 aromatic carbocycles. The van der Waals surface area contributed by atoms with Gasteiger partial charge in [-0.15, -0.1) is 0 Å².